The number of rotatable bonds is 1. The molecule has 0 bridgehead atoms. The number of halogens is 1. The van der Waals surface area contributed by atoms with E-state index in [2.05, 4.69) is 5.32 Å². The third kappa shape index (κ3) is 1.83. The number of nitrogens with one attached hydrogen (secondary N) is 1. The Morgan fingerprint density at radius 2 is 1.89 bits per heavy atom. The molecule has 0 spiro atoms. The van der Waals surface area contributed by atoms with E-state index in [1.54, 1.807) is 17.0 Å². The number of para-hydroxylation sites is 1. The van der Waals surface area contributed by atoms with Gasteiger partial charge in [-0.15, -0.1) is 0 Å². The first kappa shape index (κ1) is 11.1. The van der Waals surface area contributed by atoms with Crippen molar-refractivity contribution in [1.29, 1.82) is 0 Å². The summed E-state index contributed by atoms with van der Waals surface area (Å²) in [6.07, 6.45) is 0. The molecule has 1 aliphatic heterocycles. The molecule has 4 heteroatoms. The summed E-state index contributed by atoms with van der Waals surface area (Å²) in [5.41, 5.74) is 2.31. The summed E-state index contributed by atoms with van der Waals surface area (Å²) in [5, 5.41) is 3.78. The molecule has 1 aliphatic rings. The minimum Gasteiger partial charge on any atom is -0.367 e. The van der Waals surface area contributed by atoms with Crippen molar-refractivity contribution in [3.05, 3.63) is 59.1 Å². The number of amides is 1. The lowest BCUT2D eigenvalue weighted by Crippen LogP contribution is -2.40. The molecule has 0 aromatic heterocycles. The standard InChI is InChI=1S/C14H11ClN2O/c15-10-6-7-13-12(8-10)14(18)17(9-16-13)11-4-2-1-3-5-11/h1-8,16H,9H2. The first-order valence-corrected chi connectivity index (χ1v) is 6.04. The van der Waals surface area contributed by atoms with Crippen molar-refractivity contribution in [3.8, 4) is 0 Å². The highest BCUT2D eigenvalue weighted by Crippen LogP contribution is 2.28. The number of hydrogen-bond acceptors (Lipinski definition) is 2. The number of anilines is 2. The van der Waals surface area contributed by atoms with Crippen LogP contribution in [0.1, 0.15) is 10.4 Å². The molecule has 3 nitrogen and oxygen atoms in total. The summed E-state index contributed by atoms with van der Waals surface area (Å²) in [7, 11) is 0. The lowest BCUT2D eigenvalue weighted by molar-refractivity contribution is 0.0986. The maximum Gasteiger partial charge on any atom is 0.261 e. The SMILES string of the molecule is O=C1c2cc(Cl)ccc2NCN1c1ccccc1. The van der Waals surface area contributed by atoms with Crippen LogP contribution >= 0.6 is 11.6 Å². The fraction of sp³-hybridized carbons (Fsp3) is 0.0714. The molecule has 0 unspecified atom stereocenters. The van der Waals surface area contributed by atoms with E-state index < -0.39 is 0 Å². The molecule has 0 aliphatic carbocycles. The number of fused-ring (bicyclic) bond motifs is 1. The number of hydrogen-bond donors (Lipinski definition) is 1. The maximum atomic E-state index is 12.4. The Balaban J connectivity index is 2.02. The molecule has 0 saturated carbocycles. The third-order valence-electron chi connectivity index (χ3n) is 2.95. The Kier molecular flexibility index (Phi) is 2.68. The normalized spacial score (nSPS) is 14.1. The third-order valence-corrected chi connectivity index (χ3v) is 3.19. The summed E-state index contributed by atoms with van der Waals surface area (Å²) in [4.78, 5) is 14.1. The highest BCUT2D eigenvalue weighted by atomic mass is 35.5. The summed E-state index contributed by atoms with van der Waals surface area (Å²) < 4.78 is 0. The van der Waals surface area contributed by atoms with Crippen molar-refractivity contribution in [1.82, 2.24) is 0 Å². The van der Waals surface area contributed by atoms with E-state index in [9.17, 15) is 4.79 Å². The molecule has 0 radical (unpaired) electrons. The molecule has 2 aromatic rings. The van der Waals surface area contributed by atoms with Crippen LogP contribution in [0.3, 0.4) is 0 Å². The van der Waals surface area contributed by atoms with E-state index in [0.29, 0.717) is 17.3 Å². The lowest BCUT2D eigenvalue weighted by atomic mass is 10.1. The van der Waals surface area contributed by atoms with Gasteiger partial charge in [0.2, 0.25) is 0 Å². The fourth-order valence-corrected chi connectivity index (χ4v) is 2.22. The Bertz CT molecular complexity index is 598. The molecule has 90 valence electrons. The molecule has 1 amide bonds. The molecule has 1 heterocycles. The highest BCUT2D eigenvalue weighted by Gasteiger charge is 2.25. The van der Waals surface area contributed by atoms with Crippen LogP contribution < -0.4 is 10.2 Å². The molecule has 1 N–H and O–H groups in total. The van der Waals surface area contributed by atoms with Gasteiger partial charge in [-0.2, -0.15) is 0 Å². The van der Waals surface area contributed by atoms with Gasteiger partial charge in [-0.05, 0) is 30.3 Å². The van der Waals surface area contributed by atoms with Crippen molar-refractivity contribution >= 4 is 28.9 Å². The second-order valence-corrected chi connectivity index (χ2v) is 4.53. The number of nitrogens with zero attached hydrogens (tertiary/aromatic N) is 1. The summed E-state index contributed by atoms with van der Waals surface area (Å²) >= 11 is 5.94. The second-order valence-electron chi connectivity index (χ2n) is 4.09. The molecule has 2 aromatic carbocycles. The van der Waals surface area contributed by atoms with Gasteiger partial charge in [-0.25, -0.2) is 0 Å². The maximum absolute atomic E-state index is 12.4. The predicted octanol–water partition coefficient (Wildman–Crippen LogP) is 3.37. The topological polar surface area (TPSA) is 32.3 Å². The Hall–Kier alpha value is -2.00. The van der Waals surface area contributed by atoms with E-state index in [0.717, 1.165) is 11.4 Å². The van der Waals surface area contributed by atoms with E-state index in [4.69, 9.17) is 11.6 Å². The largest absolute Gasteiger partial charge is 0.367 e. The second kappa shape index (κ2) is 4.35. The van der Waals surface area contributed by atoms with E-state index in [1.807, 2.05) is 36.4 Å². The molecule has 18 heavy (non-hydrogen) atoms. The Morgan fingerprint density at radius 1 is 1.11 bits per heavy atom. The number of benzene rings is 2. The van der Waals surface area contributed by atoms with Crippen LogP contribution in [0.5, 0.6) is 0 Å². The van der Waals surface area contributed by atoms with E-state index in [-0.39, 0.29) is 5.91 Å². The minimum absolute atomic E-state index is 0.0301. The van der Waals surface area contributed by atoms with Crippen LogP contribution in [0.15, 0.2) is 48.5 Å². The zero-order chi connectivity index (χ0) is 12.5. The quantitative estimate of drug-likeness (QED) is 0.851. The van der Waals surface area contributed by atoms with Crippen LogP contribution in [0, 0.1) is 0 Å². The zero-order valence-electron chi connectivity index (χ0n) is 9.56. The van der Waals surface area contributed by atoms with Crippen LogP contribution in [0.2, 0.25) is 5.02 Å². The van der Waals surface area contributed by atoms with Gasteiger partial charge in [0.15, 0.2) is 0 Å². The predicted molar refractivity (Wildman–Crippen MR) is 73.2 cm³/mol. The van der Waals surface area contributed by atoms with Gasteiger partial charge in [0.1, 0.15) is 0 Å². The highest BCUT2D eigenvalue weighted by molar-refractivity contribution is 6.31. The van der Waals surface area contributed by atoms with Crippen LogP contribution in [-0.2, 0) is 0 Å². The summed E-state index contributed by atoms with van der Waals surface area (Å²) in [5.74, 6) is -0.0301. The molecule has 0 fully saturated rings. The van der Waals surface area contributed by atoms with Crippen molar-refractivity contribution in [3.63, 3.8) is 0 Å². The van der Waals surface area contributed by atoms with Gasteiger partial charge in [0.25, 0.3) is 5.91 Å². The van der Waals surface area contributed by atoms with Gasteiger partial charge in [-0.1, -0.05) is 29.8 Å². The van der Waals surface area contributed by atoms with Crippen LogP contribution in [-0.4, -0.2) is 12.6 Å². The first-order valence-electron chi connectivity index (χ1n) is 5.66. The van der Waals surface area contributed by atoms with Gasteiger partial charge in [0, 0.05) is 16.4 Å². The summed E-state index contributed by atoms with van der Waals surface area (Å²) in [6, 6.07) is 14.9. The van der Waals surface area contributed by atoms with Gasteiger partial charge in [-0.3, -0.25) is 9.69 Å². The fourth-order valence-electron chi connectivity index (χ4n) is 2.05. The average molecular weight is 259 g/mol. The van der Waals surface area contributed by atoms with Gasteiger partial charge in [0.05, 0.1) is 12.2 Å². The first-order chi connectivity index (χ1) is 8.75. The number of carbonyl (C=O) groups is 1. The minimum atomic E-state index is -0.0301. The van der Waals surface area contributed by atoms with E-state index in [1.165, 1.54) is 0 Å². The van der Waals surface area contributed by atoms with Crippen LogP contribution in [0.4, 0.5) is 11.4 Å². The zero-order valence-corrected chi connectivity index (χ0v) is 10.3. The summed E-state index contributed by atoms with van der Waals surface area (Å²) in [6.45, 7) is 0.470. The monoisotopic (exact) mass is 258 g/mol. The lowest BCUT2D eigenvalue weighted by Gasteiger charge is -2.29. The molecular weight excluding hydrogens is 248 g/mol. The van der Waals surface area contributed by atoms with Gasteiger partial charge < -0.3 is 5.32 Å². The molecular formula is C14H11ClN2O. The Morgan fingerprint density at radius 3 is 2.67 bits per heavy atom. The van der Waals surface area contributed by atoms with Gasteiger partial charge >= 0.3 is 0 Å². The van der Waals surface area contributed by atoms with E-state index >= 15 is 0 Å². The average Bonchev–Trinajstić information content (AvgIpc) is 2.41. The number of carbonyl (C=O) groups excluding carboxylic acids is 1. The Labute approximate surface area is 110 Å². The smallest absolute Gasteiger partial charge is 0.261 e. The van der Waals surface area contributed by atoms with Crippen molar-refractivity contribution in [2.45, 2.75) is 0 Å². The van der Waals surface area contributed by atoms with Crippen molar-refractivity contribution in [2.75, 3.05) is 16.9 Å². The van der Waals surface area contributed by atoms with Crippen LogP contribution in [0.25, 0.3) is 0 Å². The van der Waals surface area contributed by atoms with Crippen molar-refractivity contribution in [2.24, 2.45) is 0 Å². The molecule has 0 saturated heterocycles. The van der Waals surface area contributed by atoms with Crippen molar-refractivity contribution < 1.29 is 4.79 Å². The molecule has 0 atom stereocenters. The molecule has 3 rings (SSSR count).